The molecule has 0 saturated carbocycles. The van der Waals surface area contributed by atoms with Crippen LogP contribution in [-0.4, -0.2) is 40.5 Å². The molecule has 2 rings (SSSR count). The van der Waals surface area contributed by atoms with E-state index in [0.717, 1.165) is 12.8 Å². The molecule has 1 aliphatic rings. The van der Waals surface area contributed by atoms with Crippen molar-refractivity contribution in [2.75, 3.05) is 13.2 Å². The van der Waals surface area contributed by atoms with E-state index in [9.17, 15) is 4.79 Å². The van der Waals surface area contributed by atoms with Gasteiger partial charge in [-0.2, -0.15) is 5.10 Å². The number of carbonyl (C=O) groups excluding carboxylic acids is 1. The summed E-state index contributed by atoms with van der Waals surface area (Å²) < 4.78 is 5.21. The van der Waals surface area contributed by atoms with Crippen LogP contribution in [0.5, 0.6) is 0 Å². The van der Waals surface area contributed by atoms with Gasteiger partial charge in [-0.3, -0.25) is 9.89 Å². The van der Waals surface area contributed by atoms with Crippen LogP contribution in [0.15, 0.2) is 6.20 Å². The van der Waals surface area contributed by atoms with Crippen LogP contribution in [0.25, 0.3) is 0 Å². The first-order valence-electron chi connectivity index (χ1n) is 5.33. The number of rotatable bonds is 3. The maximum absolute atomic E-state index is 11.8. The lowest BCUT2D eigenvalue weighted by Crippen LogP contribution is -2.39. The average Bonchev–Trinajstić information content (AvgIpc) is 2.78. The lowest BCUT2D eigenvalue weighted by molar-refractivity contribution is 0.0695. The fourth-order valence-corrected chi connectivity index (χ4v) is 1.74. The summed E-state index contributed by atoms with van der Waals surface area (Å²) in [5.41, 5.74) is 0.790. The third kappa shape index (κ3) is 2.40. The van der Waals surface area contributed by atoms with Gasteiger partial charge in [0.1, 0.15) is 5.69 Å². The predicted molar refractivity (Wildman–Crippen MR) is 55.8 cm³/mol. The first kappa shape index (κ1) is 11.1. The van der Waals surface area contributed by atoms with Crippen molar-refractivity contribution in [1.82, 2.24) is 15.5 Å². The van der Waals surface area contributed by atoms with Crippen molar-refractivity contribution in [2.24, 2.45) is 0 Å². The Morgan fingerprint density at radius 1 is 1.62 bits per heavy atom. The summed E-state index contributed by atoms with van der Waals surface area (Å²) in [5.74, 6) is -0.190. The van der Waals surface area contributed by atoms with Crippen LogP contribution in [-0.2, 0) is 11.3 Å². The van der Waals surface area contributed by atoms with E-state index in [1.54, 1.807) is 0 Å². The van der Waals surface area contributed by atoms with Crippen molar-refractivity contribution in [2.45, 2.75) is 25.5 Å². The minimum atomic E-state index is -0.236. The van der Waals surface area contributed by atoms with Crippen LogP contribution in [0.3, 0.4) is 0 Å². The van der Waals surface area contributed by atoms with Crippen molar-refractivity contribution < 1.29 is 14.6 Å². The smallest absolute Gasteiger partial charge is 0.255 e. The predicted octanol–water partition coefficient (Wildman–Crippen LogP) is -0.189. The molecule has 0 atom stereocenters. The van der Waals surface area contributed by atoms with Gasteiger partial charge >= 0.3 is 0 Å². The van der Waals surface area contributed by atoms with Crippen LogP contribution in [0, 0.1) is 0 Å². The lowest BCUT2D eigenvalue weighted by atomic mass is 10.1. The summed E-state index contributed by atoms with van der Waals surface area (Å²) in [6.07, 6.45) is 3.16. The highest BCUT2D eigenvalue weighted by atomic mass is 16.5. The van der Waals surface area contributed by atoms with Gasteiger partial charge < -0.3 is 15.2 Å². The molecule has 0 aliphatic carbocycles. The summed E-state index contributed by atoms with van der Waals surface area (Å²) in [6, 6.07) is 0.155. The average molecular weight is 225 g/mol. The molecular weight excluding hydrogens is 210 g/mol. The molecule has 1 fully saturated rings. The molecule has 1 aromatic heterocycles. The Labute approximate surface area is 93.0 Å². The molecule has 6 heteroatoms. The van der Waals surface area contributed by atoms with Crippen LogP contribution < -0.4 is 5.32 Å². The van der Waals surface area contributed by atoms with Crippen LogP contribution in [0.4, 0.5) is 0 Å². The van der Waals surface area contributed by atoms with Gasteiger partial charge in [-0.1, -0.05) is 0 Å². The van der Waals surface area contributed by atoms with Crippen LogP contribution >= 0.6 is 0 Å². The zero-order valence-corrected chi connectivity index (χ0v) is 8.90. The van der Waals surface area contributed by atoms with Gasteiger partial charge in [0.05, 0.1) is 12.2 Å². The molecule has 1 saturated heterocycles. The van der Waals surface area contributed by atoms with Gasteiger partial charge in [0.25, 0.3) is 5.91 Å². The number of aliphatic hydroxyl groups is 1. The Hall–Kier alpha value is -1.40. The van der Waals surface area contributed by atoms with Gasteiger partial charge in [-0.25, -0.2) is 0 Å². The quantitative estimate of drug-likeness (QED) is 0.665. The number of nitrogens with zero attached hydrogens (tertiary/aromatic N) is 1. The number of H-pyrrole nitrogens is 1. The molecule has 16 heavy (non-hydrogen) atoms. The Bertz CT molecular complexity index is 358. The second kappa shape index (κ2) is 5.09. The molecule has 1 aromatic rings. The van der Waals surface area contributed by atoms with Crippen molar-refractivity contribution >= 4 is 5.91 Å². The highest BCUT2D eigenvalue weighted by Crippen LogP contribution is 2.09. The molecule has 0 radical (unpaired) electrons. The van der Waals surface area contributed by atoms with Gasteiger partial charge in [-0.15, -0.1) is 0 Å². The van der Waals surface area contributed by atoms with Gasteiger partial charge in [0.2, 0.25) is 0 Å². The minimum absolute atomic E-state index is 0.155. The third-order valence-electron chi connectivity index (χ3n) is 2.67. The summed E-state index contributed by atoms with van der Waals surface area (Å²) in [6.45, 7) is 1.13. The van der Waals surface area contributed by atoms with Crippen LogP contribution in [0.2, 0.25) is 0 Å². The van der Waals surface area contributed by atoms with E-state index in [1.807, 2.05) is 0 Å². The molecule has 0 bridgehead atoms. The van der Waals surface area contributed by atoms with E-state index in [2.05, 4.69) is 15.5 Å². The first-order valence-corrected chi connectivity index (χ1v) is 5.33. The van der Waals surface area contributed by atoms with Gasteiger partial charge in [0.15, 0.2) is 0 Å². The number of amides is 1. The number of aromatic amines is 1. The zero-order chi connectivity index (χ0) is 11.4. The van der Waals surface area contributed by atoms with E-state index >= 15 is 0 Å². The monoisotopic (exact) mass is 225 g/mol. The van der Waals surface area contributed by atoms with Crippen molar-refractivity contribution in [3.63, 3.8) is 0 Å². The topological polar surface area (TPSA) is 87.2 Å². The van der Waals surface area contributed by atoms with Gasteiger partial charge in [-0.05, 0) is 12.8 Å². The molecule has 0 aromatic carbocycles. The highest BCUT2D eigenvalue weighted by molar-refractivity contribution is 5.95. The molecule has 88 valence electrons. The number of aromatic nitrogens is 2. The van der Waals surface area contributed by atoms with E-state index in [1.165, 1.54) is 6.20 Å². The molecular formula is C10H15N3O3. The minimum Gasteiger partial charge on any atom is -0.390 e. The molecule has 1 amide bonds. The van der Waals surface area contributed by atoms with E-state index in [-0.39, 0.29) is 18.6 Å². The SMILES string of the molecule is O=C(NC1CCOCC1)c1c[nH]nc1CO. The largest absolute Gasteiger partial charge is 0.390 e. The van der Waals surface area contributed by atoms with E-state index in [0.29, 0.717) is 24.5 Å². The Morgan fingerprint density at radius 2 is 2.38 bits per heavy atom. The number of nitrogens with one attached hydrogen (secondary N) is 2. The standard InChI is InChI=1S/C10H15N3O3/c14-6-9-8(5-11-13-9)10(15)12-7-1-3-16-4-2-7/h5,7,14H,1-4,6H2,(H,11,13)(H,12,15). The lowest BCUT2D eigenvalue weighted by Gasteiger charge is -2.22. The molecule has 1 aliphatic heterocycles. The summed E-state index contributed by atoms with van der Waals surface area (Å²) >= 11 is 0. The third-order valence-corrected chi connectivity index (χ3v) is 2.67. The molecule has 3 N–H and O–H groups in total. The number of ether oxygens (including phenoxy) is 1. The summed E-state index contributed by atoms with van der Waals surface area (Å²) in [5, 5.41) is 18.2. The molecule has 2 heterocycles. The maximum Gasteiger partial charge on any atom is 0.255 e. The number of hydrogen-bond donors (Lipinski definition) is 3. The fraction of sp³-hybridized carbons (Fsp3) is 0.600. The van der Waals surface area contributed by atoms with E-state index in [4.69, 9.17) is 9.84 Å². The second-order valence-corrected chi connectivity index (χ2v) is 3.76. The van der Waals surface area contributed by atoms with E-state index < -0.39 is 0 Å². The Morgan fingerprint density at radius 3 is 3.06 bits per heavy atom. The first-order chi connectivity index (χ1) is 7.81. The Balaban J connectivity index is 1.96. The number of aliphatic hydroxyl groups excluding tert-OH is 1. The van der Waals surface area contributed by atoms with Crippen molar-refractivity contribution in [3.05, 3.63) is 17.5 Å². The highest BCUT2D eigenvalue weighted by Gasteiger charge is 2.19. The van der Waals surface area contributed by atoms with Gasteiger partial charge in [0, 0.05) is 25.5 Å². The zero-order valence-electron chi connectivity index (χ0n) is 8.90. The molecule has 0 spiro atoms. The summed E-state index contributed by atoms with van der Waals surface area (Å²) in [7, 11) is 0. The fourth-order valence-electron chi connectivity index (χ4n) is 1.74. The summed E-state index contributed by atoms with van der Waals surface area (Å²) in [4.78, 5) is 11.8. The Kier molecular flexibility index (Phi) is 3.53. The second-order valence-electron chi connectivity index (χ2n) is 3.76. The molecule has 0 unspecified atom stereocenters. The normalized spacial score (nSPS) is 17.3. The van der Waals surface area contributed by atoms with Crippen molar-refractivity contribution in [3.8, 4) is 0 Å². The van der Waals surface area contributed by atoms with Crippen molar-refractivity contribution in [1.29, 1.82) is 0 Å². The van der Waals surface area contributed by atoms with Crippen LogP contribution in [0.1, 0.15) is 28.9 Å². The number of carbonyl (C=O) groups is 1. The maximum atomic E-state index is 11.8. The molecule has 6 nitrogen and oxygen atoms in total. The number of hydrogen-bond acceptors (Lipinski definition) is 4.